The third-order valence-corrected chi connectivity index (χ3v) is 1.12. The zero-order valence-corrected chi connectivity index (χ0v) is 6.76. The molecule has 0 saturated carbocycles. The first-order chi connectivity index (χ1) is 4.57. The number of rotatable bonds is 3. The lowest BCUT2D eigenvalue weighted by Crippen LogP contribution is -2.25. The maximum atomic E-state index is 10.8. The first-order valence-corrected chi connectivity index (χ1v) is 3.48. The van der Waals surface area contributed by atoms with Crippen LogP contribution in [0.3, 0.4) is 0 Å². The molecule has 2 N–H and O–H groups in total. The molecule has 10 heavy (non-hydrogen) atoms. The van der Waals surface area contributed by atoms with E-state index in [1.165, 1.54) is 0 Å². The second-order valence-corrected chi connectivity index (χ2v) is 2.64. The fraction of sp³-hybridized carbons (Fsp3) is 0.857. The summed E-state index contributed by atoms with van der Waals surface area (Å²) in [5.41, 5.74) is 5.24. The highest BCUT2D eigenvalue weighted by atomic mass is 16.5. The van der Waals surface area contributed by atoms with Crippen molar-refractivity contribution in [3.05, 3.63) is 0 Å². The van der Waals surface area contributed by atoms with Gasteiger partial charge >= 0.3 is 5.97 Å². The molecule has 3 heteroatoms. The van der Waals surface area contributed by atoms with Crippen LogP contribution in [0.1, 0.15) is 20.8 Å². The van der Waals surface area contributed by atoms with Gasteiger partial charge in [-0.25, -0.2) is 0 Å². The topological polar surface area (TPSA) is 52.3 Å². The van der Waals surface area contributed by atoms with E-state index >= 15 is 0 Å². The minimum absolute atomic E-state index is 0.0611. The highest BCUT2D eigenvalue weighted by Gasteiger charge is 2.10. The van der Waals surface area contributed by atoms with Crippen molar-refractivity contribution >= 4 is 5.97 Å². The normalized spacial score (nSPS) is 13.3. The summed E-state index contributed by atoms with van der Waals surface area (Å²) in [6, 6.07) is 0. The summed E-state index contributed by atoms with van der Waals surface area (Å²) in [4.78, 5) is 10.8. The van der Waals surface area contributed by atoms with Crippen molar-refractivity contribution in [2.24, 2.45) is 11.7 Å². The number of carbonyl (C=O) groups is 1. The molecule has 0 rings (SSSR count). The Morgan fingerprint density at radius 3 is 2.30 bits per heavy atom. The first-order valence-electron chi connectivity index (χ1n) is 3.48. The number of carbonyl (C=O) groups excluding carboxylic acids is 1. The Balaban J connectivity index is 3.57. The van der Waals surface area contributed by atoms with E-state index in [0.29, 0.717) is 6.54 Å². The number of hydrogen-bond donors (Lipinski definition) is 1. The first kappa shape index (κ1) is 9.43. The molecule has 1 atom stereocenters. The molecule has 0 bridgehead atoms. The van der Waals surface area contributed by atoms with Gasteiger partial charge in [0.2, 0.25) is 0 Å². The van der Waals surface area contributed by atoms with Crippen LogP contribution < -0.4 is 5.73 Å². The zero-order chi connectivity index (χ0) is 8.15. The van der Waals surface area contributed by atoms with Gasteiger partial charge in [0.1, 0.15) is 6.10 Å². The molecule has 0 aliphatic rings. The van der Waals surface area contributed by atoms with E-state index in [-0.39, 0.29) is 18.0 Å². The number of ether oxygens (including phenoxy) is 1. The molecule has 60 valence electrons. The van der Waals surface area contributed by atoms with Crippen LogP contribution in [0.25, 0.3) is 0 Å². The van der Waals surface area contributed by atoms with Crippen LogP contribution in [0.4, 0.5) is 0 Å². The van der Waals surface area contributed by atoms with Crippen molar-refractivity contribution in [1.29, 1.82) is 0 Å². The molecule has 3 nitrogen and oxygen atoms in total. The van der Waals surface area contributed by atoms with Gasteiger partial charge in [0, 0.05) is 6.54 Å². The lowest BCUT2D eigenvalue weighted by molar-refractivity contribution is -0.151. The fourth-order valence-electron chi connectivity index (χ4n) is 0.382. The van der Waals surface area contributed by atoms with Gasteiger partial charge in [-0.05, 0) is 6.92 Å². The maximum absolute atomic E-state index is 10.8. The Kier molecular flexibility index (Phi) is 4.03. The Bertz CT molecular complexity index is 112. The van der Waals surface area contributed by atoms with E-state index in [4.69, 9.17) is 10.5 Å². The van der Waals surface area contributed by atoms with Crippen molar-refractivity contribution in [2.45, 2.75) is 26.9 Å². The number of hydrogen-bond acceptors (Lipinski definition) is 3. The van der Waals surface area contributed by atoms with Crippen molar-refractivity contribution in [3.8, 4) is 0 Å². The summed E-state index contributed by atoms with van der Waals surface area (Å²) in [5, 5.41) is 0. The largest absolute Gasteiger partial charge is 0.461 e. The van der Waals surface area contributed by atoms with E-state index < -0.39 is 0 Å². The van der Waals surface area contributed by atoms with Gasteiger partial charge in [-0.3, -0.25) is 4.79 Å². The molecule has 0 saturated heterocycles. The lowest BCUT2D eigenvalue weighted by atomic mass is 10.2. The van der Waals surface area contributed by atoms with Gasteiger partial charge in [-0.1, -0.05) is 13.8 Å². The summed E-state index contributed by atoms with van der Waals surface area (Å²) in [5.74, 6) is -0.244. The Morgan fingerprint density at radius 2 is 2.00 bits per heavy atom. The second kappa shape index (κ2) is 4.28. The van der Waals surface area contributed by atoms with Crippen LogP contribution in [0.15, 0.2) is 0 Å². The van der Waals surface area contributed by atoms with Crippen LogP contribution >= 0.6 is 0 Å². The Labute approximate surface area is 61.5 Å². The Morgan fingerprint density at radius 1 is 1.50 bits per heavy atom. The minimum Gasteiger partial charge on any atom is -0.461 e. The minimum atomic E-state index is -0.182. The molecular weight excluding hydrogens is 130 g/mol. The quantitative estimate of drug-likeness (QED) is 0.589. The zero-order valence-electron chi connectivity index (χ0n) is 6.76. The van der Waals surface area contributed by atoms with Gasteiger partial charge in [-0.2, -0.15) is 0 Å². The van der Waals surface area contributed by atoms with E-state index in [2.05, 4.69) is 0 Å². The average molecular weight is 145 g/mol. The predicted molar refractivity (Wildman–Crippen MR) is 39.4 cm³/mol. The number of esters is 1. The molecule has 1 unspecified atom stereocenters. The van der Waals surface area contributed by atoms with Gasteiger partial charge in [0.25, 0.3) is 0 Å². The molecule has 0 aromatic rings. The lowest BCUT2D eigenvalue weighted by Gasteiger charge is -2.11. The van der Waals surface area contributed by atoms with Crippen LogP contribution in [-0.4, -0.2) is 18.6 Å². The molecule has 0 radical (unpaired) electrons. The molecule has 0 aliphatic heterocycles. The van der Waals surface area contributed by atoms with Crippen molar-refractivity contribution in [2.75, 3.05) is 6.54 Å². The average Bonchev–Trinajstić information content (AvgIpc) is 1.87. The third-order valence-electron chi connectivity index (χ3n) is 1.12. The van der Waals surface area contributed by atoms with E-state index in [0.717, 1.165) is 0 Å². The summed E-state index contributed by atoms with van der Waals surface area (Å²) < 4.78 is 4.90. The van der Waals surface area contributed by atoms with Crippen LogP contribution in [0, 0.1) is 5.92 Å². The van der Waals surface area contributed by atoms with Crippen LogP contribution in [0.5, 0.6) is 0 Å². The molecule has 0 amide bonds. The van der Waals surface area contributed by atoms with Crippen LogP contribution in [0.2, 0.25) is 0 Å². The van der Waals surface area contributed by atoms with Gasteiger partial charge < -0.3 is 10.5 Å². The number of nitrogens with two attached hydrogens (primary N) is 1. The summed E-state index contributed by atoms with van der Waals surface area (Å²) in [7, 11) is 0. The highest BCUT2D eigenvalue weighted by molar-refractivity contribution is 5.71. The molecule has 0 aromatic carbocycles. The maximum Gasteiger partial charge on any atom is 0.308 e. The van der Waals surface area contributed by atoms with E-state index in [1.54, 1.807) is 20.8 Å². The molecule has 0 heterocycles. The SMILES string of the molecule is CC(CN)OC(=O)C(C)C. The molecule has 0 aliphatic carbocycles. The van der Waals surface area contributed by atoms with Gasteiger partial charge in [0.15, 0.2) is 0 Å². The Hall–Kier alpha value is -0.570. The molecule has 0 spiro atoms. The standard InChI is InChI=1S/C7H15NO2/c1-5(2)7(9)10-6(3)4-8/h5-6H,4,8H2,1-3H3. The summed E-state index contributed by atoms with van der Waals surface area (Å²) in [6.45, 7) is 5.76. The van der Waals surface area contributed by atoms with E-state index in [9.17, 15) is 4.79 Å². The smallest absolute Gasteiger partial charge is 0.308 e. The highest BCUT2D eigenvalue weighted by Crippen LogP contribution is 1.98. The second-order valence-electron chi connectivity index (χ2n) is 2.64. The fourth-order valence-corrected chi connectivity index (χ4v) is 0.382. The molecule has 0 fully saturated rings. The van der Waals surface area contributed by atoms with Gasteiger partial charge in [0.05, 0.1) is 5.92 Å². The third kappa shape index (κ3) is 3.45. The van der Waals surface area contributed by atoms with Crippen LogP contribution in [-0.2, 0) is 9.53 Å². The van der Waals surface area contributed by atoms with E-state index in [1.807, 2.05) is 0 Å². The summed E-state index contributed by atoms with van der Waals surface area (Å²) in [6.07, 6.45) is -0.158. The summed E-state index contributed by atoms with van der Waals surface area (Å²) >= 11 is 0. The molecular formula is C7H15NO2. The monoisotopic (exact) mass is 145 g/mol. The van der Waals surface area contributed by atoms with Gasteiger partial charge in [-0.15, -0.1) is 0 Å². The van der Waals surface area contributed by atoms with Crippen molar-refractivity contribution < 1.29 is 9.53 Å². The molecule has 0 aromatic heterocycles. The van der Waals surface area contributed by atoms with Crippen molar-refractivity contribution in [3.63, 3.8) is 0 Å². The van der Waals surface area contributed by atoms with Crippen molar-refractivity contribution in [1.82, 2.24) is 0 Å². The predicted octanol–water partition coefficient (Wildman–Crippen LogP) is 0.533.